The monoisotopic (exact) mass is 700 g/mol. The van der Waals surface area contributed by atoms with Crippen LogP contribution in [-0.4, -0.2) is 72.2 Å². The number of carbonyl (C=O) groups excluding carboxylic acids is 4. The second kappa shape index (κ2) is 13.3. The average molecular weight is 701 g/mol. The number of fused-ring (bicyclic) bond motifs is 10. The largest absolute Gasteiger partial charge is 0.396 e. The van der Waals surface area contributed by atoms with Crippen LogP contribution in [-0.2, 0) is 25.4 Å². The van der Waals surface area contributed by atoms with E-state index in [0.29, 0.717) is 39.0 Å². The van der Waals surface area contributed by atoms with E-state index >= 15 is 0 Å². The van der Waals surface area contributed by atoms with Gasteiger partial charge < -0.3 is 20.1 Å². The van der Waals surface area contributed by atoms with Crippen molar-refractivity contribution in [3.05, 3.63) is 117 Å². The first-order chi connectivity index (χ1) is 25.0. The zero-order valence-corrected chi connectivity index (χ0v) is 30.3. The van der Waals surface area contributed by atoms with Crippen molar-refractivity contribution in [2.45, 2.75) is 58.0 Å². The Balaban J connectivity index is 0.000000174. The fourth-order valence-corrected chi connectivity index (χ4v) is 8.33. The molecule has 4 aromatic carbocycles. The van der Waals surface area contributed by atoms with Gasteiger partial charge in [-0.15, -0.1) is 0 Å². The van der Waals surface area contributed by atoms with Gasteiger partial charge in [-0.3, -0.25) is 19.8 Å². The van der Waals surface area contributed by atoms with Gasteiger partial charge in [-0.2, -0.15) is 0 Å². The molecule has 0 saturated carbocycles. The van der Waals surface area contributed by atoms with Crippen LogP contribution in [0.4, 0.5) is 9.59 Å². The van der Waals surface area contributed by atoms with E-state index in [-0.39, 0.29) is 24.5 Å². The van der Waals surface area contributed by atoms with E-state index in [9.17, 15) is 24.3 Å². The number of nitrogens with zero attached hydrogens (tertiary/aromatic N) is 2. The molecule has 2 saturated heterocycles. The lowest BCUT2D eigenvalue weighted by Crippen LogP contribution is -2.47. The van der Waals surface area contributed by atoms with E-state index in [0.717, 1.165) is 66.8 Å². The zero-order valence-electron chi connectivity index (χ0n) is 30.3. The number of urea groups is 2. The molecule has 10 nitrogen and oxygen atoms in total. The molecule has 0 atom stereocenters. The Morgan fingerprint density at radius 1 is 0.654 bits per heavy atom. The summed E-state index contributed by atoms with van der Waals surface area (Å²) in [4.78, 5) is 55.1. The van der Waals surface area contributed by atoms with Gasteiger partial charge in [-0.25, -0.2) is 9.59 Å². The number of ether oxygens (including phenoxy) is 1. The number of nitrogens with one attached hydrogen (secondary N) is 2. The standard InChI is InChI=1S/C25H30N2O4.C17H14N2O2/c1-17-7-9-19-20-10-8-18(2)16-22(20)25(21(19)15-17)23(29)26(11-6-14-31-3)24(30)27(25)12-4-5-13-28;1-9-3-5-11-12-6-4-10(2)8-14(12)17(13(11)7-9)15(20)18-16(21)19-17/h7-10,15-16,28H,4-6,11-14H2,1-3H3;3-8H,1-2H3,(H2,18,19,20,21). The minimum absolute atomic E-state index is 0.0614. The lowest BCUT2D eigenvalue weighted by Gasteiger charge is -2.34. The summed E-state index contributed by atoms with van der Waals surface area (Å²) in [6.45, 7) is 9.27. The Kier molecular flexibility index (Phi) is 9.00. The van der Waals surface area contributed by atoms with Gasteiger partial charge in [-0.1, -0.05) is 95.1 Å². The number of carbonyl (C=O) groups is 4. The summed E-state index contributed by atoms with van der Waals surface area (Å²) in [5.74, 6) is -0.488. The fraction of sp³-hybridized carbons (Fsp3) is 0.333. The van der Waals surface area contributed by atoms with Gasteiger partial charge in [0.2, 0.25) is 0 Å². The smallest absolute Gasteiger partial charge is 0.328 e. The maximum atomic E-state index is 14.1. The maximum Gasteiger partial charge on any atom is 0.328 e. The molecule has 4 aromatic rings. The molecule has 3 N–H and O–H groups in total. The molecule has 2 heterocycles. The van der Waals surface area contributed by atoms with Crippen molar-refractivity contribution in [2.24, 2.45) is 0 Å². The Labute approximate surface area is 303 Å². The van der Waals surface area contributed by atoms with Crippen molar-refractivity contribution >= 4 is 23.9 Å². The van der Waals surface area contributed by atoms with Crippen molar-refractivity contribution in [1.29, 1.82) is 0 Å². The number of imide groups is 2. The first-order valence-corrected chi connectivity index (χ1v) is 17.8. The lowest BCUT2D eigenvalue weighted by atomic mass is 9.84. The third kappa shape index (κ3) is 5.23. The van der Waals surface area contributed by atoms with Crippen LogP contribution >= 0.6 is 0 Å². The van der Waals surface area contributed by atoms with Crippen molar-refractivity contribution in [3.63, 3.8) is 0 Å². The Bertz CT molecular complexity index is 2040. The van der Waals surface area contributed by atoms with Gasteiger partial charge in [0.15, 0.2) is 11.1 Å². The molecule has 52 heavy (non-hydrogen) atoms. The van der Waals surface area contributed by atoms with E-state index in [2.05, 4.69) is 34.9 Å². The van der Waals surface area contributed by atoms with Gasteiger partial charge in [0.25, 0.3) is 11.8 Å². The summed E-state index contributed by atoms with van der Waals surface area (Å²) in [7, 11) is 1.62. The van der Waals surface area contributed by atoms with Gasteiger partial charge in [0, 0.05) is 33.4 Å². The first-order valence-electron chi connectivity index (χ1n) is 17.8. The summed E-state index contributed by atoms with van der Waals surface area (Å²) in [5, 5.41) is 14.5. The molecule has 268 valence electrons. The minimum atomic E-state index is -1.15. The number of amides is 6. The maximum absolute atomic E-state index is 14.1. The van der Waals surface area contributed by atoms with Crippen LogP contribution in [0.25, 0.3) is 22.3 Å². The molecule has 2 spiro atoms. The normalized spacial score (nSPS) is 16.8. The number of aryl methyl sites for hydroxylation is 4. The molecular weight excluding hydrogens is 656 g/mol. The Hall–Kier alpha value is -5.32. The van der Waals surface area contributed by atoms with Gasteiger partial charge in [0.05, 0.1) is 0 Å². The molecule has 0 aromatic heterocycles. The highest BCUT2D eigenvalue weighted by Crippen LogP contribution is 2.55. The van der Waals surface area contributed by atoms with Crippen LogP contribution in [0.15, 0.2) is 72.8 Å². The quantitative estimate of drug-likeness (QED) is 0.154. The fourth-order valence-electron chi connectivity index (χ4n) is 8.33. The van der Waals surface area contributed by atoms with Gasteiger partial charge in [-0.05, 0) is 91.5 Å². The topological polar surface area (TPSA) is 128 Å². The number of unbranched alkanes of at least 4 members (excludes halogenated alkanes) is 1. The predicted octanol–water partition coefficient (Wildman–Crippen LogP) is 5.97. The number of rotatable bonds is 8. The van der Waals surface area contributed by atoms with Crippen LogP contribution < -0.4 is 10.6 Å². The van der Waals surface area contributed by atoms with E-state index in [1.165, 1.54) is 4.90 Å². The zero-order chi connectivity index (χ0) is 36.9. The van der Waals surface area contributed by atoms with Crippen molar-refractivity contribution in [2.75, 3.05) is 33.4 Å². The van der Waals surface area contributed by atoms with Crippen molar-refractivity contribution in [3.8, 4) is 22.3 Å². The molecule has 10 heteroatoms. The molecule has 0 unspecified atom stereocenters. The molecule has 0 bridgehead atoms. The molecule has 2 aliphatic carbocycles. The average Bonchev–Trinajstić information content (AvgIpc) is 3.74. The highest BCUT2D eigenvalue weighted by atomic mass is 16.5. The Morgan fingerprint density at radius 3 is 1.58 bits per heavy atom. The van der Waals surface area contributed by atoms with Crippen LogP contribution in [0.2, 0.25) is 0 Å². The van der Waals surface area contributed by atoms with Crippen LogP contribution in [0, 0.1) is 27.7 Å². The Morgan fingerprint density at radius 2 is 1.13 bits per heavy atom. The van der Waals surface area contributed by atoms with Crippen LogP contribution in [0.5, 0.6) is 0 Å². The molecule has 2 fully saturated rings. The van der Waals surface area contributed by atoms with E-state index < -0.39 is 17.1 Å². The second-order valence-electron chi connectivity index (χ2n) is 14.2. The minimum Gasteiger partial charge on any atom is -0.396 e. The third-order valence-electron chi connectivity index (χ3n) is 10.7. The van der Waals surface area contributed by atoms with Crippen LogP contribution in [0.1, 0.15) is 63.8 Å². The number of benzene rings is 4. The van der Waals surface area contributed by atoms with E-state index in [1.54, 1.807) is 12.0 Å². The van der Waals surface area contributed by atoms with E-state index in [1.807, 2.05) is 76.2 Å². The summed E-state index contributed by atoms with van der Waals surface area (Å²) in [6.07, 6.45) is 1.81. The van der Waals surface area contributed by atoms with Crippen molar-refractivity contribution < 1.29 is 29.0 Å². The highest BCUT2D eigenvalue weighted by Gasteiger charge is 2.63. The molecule has 8 rings (SSSR count). The molecule has 4 aliphatic rings. The van der Waals surface area contributed by atoms with Crippen LogP contribution in [0.3, 0.4) is 0 Å². The molecule has 2 aliphatic heterocycles. The summed E-state index contributed by atoms with van der Waals surface area (Å²) >= 11 is 0. The van der Waals surface area contributed by atoms with E-state index in [4.69, 9.17) is 4.74 Å². The number of aliphatic hydroxyl groups is 1. The summed E-state index contributed by atoms with van der Waals surface area (Å²) in [5.41, 5.74) is 9.49. The number of methoxy groups -OCH3 is 1. The summed E-state index contributed by atoms with van der Waals surface area (Å²) < 4.78 is 5.15. The molecule has 0 radical (unpaired) electrons. The van der Waals surface area contributed by atoms with Gasteiger partial charge >= 0.3 is 12.1 Å². The van der Waals surface area contributed by atoms with Crippen molar-refractivity contribution in [1.82, 2.24) is 20.4 Å². The third-order valence-corrected chi connectivity index (χ3v) is 10.7. The highest BCUT2D eigenvalue weighted by molar-refractivity contribution is 6.14. The number of hydrogen-bond donors (Lipinski definition) is 3. The number of hydrogen-bond acceptors (Lipinski definition) is 6. The molecule has 6 amide bonds. The SMILES string of the molecule is COCCCN1C(=O)N(CCCCO)C2(C1=O)c1cc(C)ccc1-c1ccc(C)cc12.Cc1ccc2c(c1)C1(NC(=O)NC1=O)c1cc(C)ccc1-2. The lowest BCUT2D eigenvalue weighted by molar-refractivity contribution is -0.132. The molecular formula is C42H44N4O6. The van der Waals surface area contributed by atoms with Gasteiger partial charge in [0.1, 0.15) is 0 Å². The predicted molar refractivity (Wildman–Crippen MR) is 198 cm³/mol. The first kappa shape index (κ1) is 35.1. The number of aliphatic hydroxyl groups excluding tert-OH is 1. The summed E-state index contributed by atoms with van der Waals surface area (Å²) in [6, 6.07) is 23.7. The second-order valence-corrected chi connectivity index (χ2v) is 14.2.